The molecule has 0 radical (unpaired) electrons. The second kappa shape index (κ2) is 53.0. The van der Waals surface area contributed by atoms with Crippen molar-refractivity contribution in [2.24, 2.45) is 62.6 Å². The van der Waals surface area contributed by atoms with Crippen molar-refractivity contribution in [2.45, 2.75) is 351 Å². The van der Waals surface area contributed by atoms with Crippen LogP contribution in [0, 0.1) is 62.6 Å². The molecule has 0 heterocycles. The Balaban J connectivity index is -0.0000000744. The quantitative estimate of drug-likeness (QED) is 0.136. The number of hydrogen-bond acceptors (Lipinski definition) is 0. The molecule has 0 aliphatic rings. The molecule has 0 fully saturated rings. The lowest BCUT2D eigenvalue weighted by Gasteiger charge is -2.22. The molecule has 0 nitrogen and oxygen atoms in total. The van der Waals surface area contributed by atoms with E-state index in [4.69, 9.17) is 0 Å². The van der Waals surface area contributed by atoms with Crippen LogP contribution in [0.4, 0.5) is 0 Å². The fourth-order valence-corrected chi connectivity index (χ4v) is 4.73. The standard InChI is InChI=1S/9C7H16/c1-6(2)7(3,4)5;2*1-5-6-7(2,3)4;2*1-5-7(3,4)6-2;1-5-7(4)6(2)3;2*1-4-6-7(3)5-2;1-4-7(5-2)6-3/h6H,1-5H3;4*5-6H2,1-4H3;6-7H,5H2,1-4H3;3*7H,4-6H2,1-3H3. The molecule has 0 bridgehead atoms. The molecule has 0 rings (SSSR count). The number of hydrogen-bond donors (Lipinski definition) is 0. The molecule has 0 saturated heterocycles. The maximum Gasteiger partial charge on any atom is -0.0359 e. The van der Waals surface area contributed by atoms with Crippen molar-refractivity contribution in [3.05, 3.63) is 0 Å². The van der Waals surface area contributed by atoms with Crippen LogP contribution in [0.25, 0.3) is 0 Å². The maximum absolute atomic E-state index is 2.31. The summed E-state index contributed by atoms with van der Waals surface area (Å²) < 4.78 is 0. The third kappa shape index (κ3) is 96.9. The minimum absolute atomic E-state index is 0.500. The predicted octanol–water partition coefficient (Wildman–Crippen LogP) is 25.2. The van der Waals surface area contributed by atoms with Crippen LogP contribution in [-0.4, -0.2) is 0 Å². The summed E-state index contributed by atoms with van der Waals surface area (Å²) in [5.41, 5.74) is 2.77. The zero-order chi connectivity index (χ0) is 52.7. The Morgan fingerprint density at radius 1 is 0.317 bits per heavy atom. The third-order valence-corrected chi connectivity index (χ3v) is 14.0. The zero-order valence-electron chi connectivity index (χ0n) is 52.7. The normalized spacial score (nSPS) is 12.7. The minimum atomic E-state index is 0.500. The topological polar surface area (TPSA) is 0 Å². The van der Waals surface area contributed by atoms with Crippen molar-refractivity contribution >= 4 is 0 Å². The second-order valence-corrected chi connectivity index (χ2v) is 25.2. The average molecular weight is 902 g/mol. The highest BCUT2D eigenvalue weighted by molar-refractivity contribution is 4.65. The van der Waals surface area contributed by atoms with E-state index in [1.807, 2.05) is 0 Å². The number of rotatable bonds is 17. The van der Waals surface area contributed by atoms with Gasteiger partial charge in [-0.1, -0.05) is 338 Å². The van der Waals surface area contributed by atoms with Crippen LogP contribution >= 0.6 is 0 Å². The van der Waals surface area contributed by atoms with Gasteiger partial charge in [-0.05, 0) is 75.4 Å². The van der Waals surface area contributed by atoms with Crippen molar-refractivity contribution in [1.82, 2.24) is 0 Å². The summed E-state index contributed by atoms with van der Waals surface area (Å²) in [4.78, 5) is 0. The molecule has 3 unspecified atom stereocenters. The molecule has 63 heavy (non-hydrogen) atoms. The molecule has 0 aliphatic heterocycles. The molecule has 0 spiro atoms. The van der Waals surface area contributed by atoms with E-state index in [2.05, 4.69) is 235 Å². The first-order chi connectivity index (χ1) is 28.5. The lowest BCUT2D eigenvalue weighted by molar-refractivity contribution is 0.283. The molecule has 396 valence electrons. The van der Waals surface area contributed by atoms with Gasteiger partial charge in [-0.15, -0.1) is 0 Å². The monoisotopic (exact) mass is 901 g/mol. The lowest BCUT2D eigenvalue weighted by Crippen LogP contribution is -2.12. The van der Waals surface area contributed by atoms with Gasteiger partial charge >= 0.3 is 0 Å². The van der Waals surface area contributed by atoms with Crippen molar-refractivity contribution in [3.63, 3.8) is 0 Å². The van der Waals surface area contributed by atoms with Crippen LogP contribution < -0.4 is 0 Å². The zero-order valence-corrected chi connectivity index (χ0v) is 52.7. The first-order valence-electron chi connectivity index (χ1n) is 28.5. The largest absolute Gasteiger partial charge is 0.0654 e. The summed E-state index contributed by atoms with van der Waals surface area (Å²) in [7, 11) is 0. The van der Waals surface area contributed by atoms with Crippen molar-refractivity contribution in [2.75, 3.05) is 0 Å². The Morgan fingerprint density at radius 3 is 0.571 bits per heavy atom. The summed E-state index contributed by atoms with van der Waals surface area (Å²) in [5, 5.41) is 0. The van der Waals surface area contributed by atoms with Crippen LogP contribution in [0.2, 0.25) is 0 Å². The van der Waals surface area contributed by atoms with Crippen LogP contribution in [-0.2, 0) is 0 Å². The van der Waals surface area contributed by atoms with E-state index >= 15 is 0 Å². The predicted molar refractivity (Wildman–Crippen MR) is 309 cm³/mol. The van der Waals surface area contributed by atoms with Crippen LogP contribution in [0.15, 0.2) is 0 Å². The molecular formula is C63H144. The summed E-state index contributed by atoms with van der Waals surface area (Å²) in [6, 6.07) is 0. The van der Waals surface area contributed by atoms with E-state index in [1.165, 1.54) is 116 Å². The molecule has 3 atom stereocenters. The summed E-state index contributed by atoms with van der Waals surface area (Å²) in [5.74, 6) is 5.45. The first-order valence-corrected chi connectivity index (χ1v) is 28.5. The molecule has 0 aromatic carbocycles. The van der Waals surface area contributed by atoms with E-state index in [-0.39, 0.29) is 0 Å². The van der Waals surface area contributed by atoms with Crippen molar-refractivity contribution < 1.29 is 0 Å². The summed E-state index contributed by atoms with van der Waals surface area (Å²) in [6.45, 7) is 77.0. The van der Waals surface area contributed by atoms with Gasteiger partial charge in [0.25, 0.3) is 0 Å². The third-order valence-electron chi connectivity index (χ3n) is 14.0. The first kappa shape index (κ1) is 83.0. The van der Waals surface area contributed by atoms with Gasteiger partial charge in [0.1, 0.15) is 0 Å². The van der Waals surface area contributed by atoms with E-state index < -0.39 is 0 Å². The Hall–Kier alpha value is 0. The Bertz CT molecular complexity index is 684. The molecule has 0 heteroatoms. The van der Waals surface area contributed by atoms with Gasteiger partial charge in [0, 0.05) is 0 Å². The van der Waals surface area contributed by atoms with Crippen LogP contribution in [0.1, 0.15) is 351 Å². The molecule has 0 aromatic rings. The second-order valence-electron chi connectivity index (χ2n) is 25.2. The van der Waals surface area contributed by atoms with Gasteiger partial charge < -0.3 is 0 Å². The van der Waals surface area contributed by atoms with E-state index in [0.717, 1.165) is 35.5 Å². The van der Waals surface area contributed by atoms with Crippen LogP contribution in [0.5, 0.6) is 0 Å². The lowest BCUT2D eigenvalue weighted by atomic mass is 9.84. The highest BCUT2D eigenvalue weighted by Crippen LogP contribution is 2.25. The highest BCUT2D eigenvalue weighted by atomic mass is 14.2. The Labute approximate surface area is 411 Å². The molecule has 0 amide bonds. The van der Waals surface area contributed by atoms with Gasteiger partial charge in [-0.3, -0.25) is 0 Å². The van der Waals surface area contributed by atoms with Gasteiger partial charge in [0.2, 0.25) is 0 Å². The molecule has 0 aliphatic carbocycles. The maximum atomic E-state index is 2.31. The van der Waals surface area contributed by atoms with Gasteiger partial charge in [-0.25, -0.2) is 0 Å². The summed E-state index contributed by atoms with van der Waals surface area (Å²) >= 11 is 0. The summed E-state index contributed by atoms with van der Waals surface area (Å²) in [6.07, 6.45) is 24.0. The highest BCUT2D eigenvalue weighted by Gasteiger charge is 2.14. The molecular weight excluding hydrogens is 757 g/mol. The average Bonchev–Trinajstić information content (AvgIpc) is 3.19. The van der Waals surface area contributed by atoms with E-state index in [9.17, 15) is 0 Å². The van der Waals surface area contributed by atoms with Gasteiger partial charge in [0.05, 0.1) is 0 Å². The Morgan fingerprint density at radius 2 is 0.556 bits per heavy atom. The smallest absolute Gasteiger partial charge is 0.0359 e. The van der Waals surface area contributed by atoms with Gasteiger partial charge in [0.15, 0.2) is 0 Å². The van der Waals surface area contributed by atoms with Crippen molar-refractivity contribution in [3.8, 4) is 0 Å². The molecule has 0 saturated carbocycles. The SMILES string of the molecule is CC(C)C(C)(C)C.CCC(C)(C)CC.CCC(C)(C)CC.CCC(C)C(C)C.CCC(CC)CC.CCCC(C)(C)C.CCCC(C)(C)C.CCCC(C)CC.CCCC(C)CC. The van der Waals surface area contributed by atoms with Crippen LogP contribution in [0.3, 0.4) is 0 Å². The molecule has 0 aromatic heterocycles. The Kier molecular flexibility index (Phi) is 69.8. The fraction of sp³-hybridized carbons (Fsp3) is 1.00. The van der Waals surface area contributed by atoms with E-state index in [1.54, 1.807) is 0 Å². The van der Waals surface area contributed by atoms with Gasteiger partial charge in [-0.2, -0.15) is 0 Å². The fourth-order valence-electron chi connectivity index (χ4n) is 4.73. The van der Waals surface area contributed by atoms with E-state index in [0.29, 0.717) is 27.1 Å². The molecule has 0 N–H and O–H groups in total. The minimum Gasteiger partial charge on any atom is -0.0654 e. The van der Waals surface area contributed by atoms with Crippen molar-refractivity contribution in [1.29, 1.82) is 0 Å².